The topological polar surface area (TPSA) is 61.8 Å². The third-order valence-electron chi connectivity index (χ3n) is 6.63. The summed E-state index contributed by atoms with van der Waals surface area (Å²) in [5.74, 6) is -0.358. The maximum atomic E-state index is 12.9. The van der Waals surface area contributed by atoms with E-state index >= 15 is 0 Å². The molecule has 5 nitrogen and oxygen atoms in total. The van der Waals surface area contributed by atoms with Crippen LogP contribution in [-0.4, -0.2) is 11.9 Å². The highest BCUT2D eigenvalue weighted by Crippen LogP contribution is 2.44. The highest BCUT2D eigenvalue weighted by Gasteiger charge is 2.43. The molecule has 0 aromatic carbocycles. The van der Waals surface area contributed by atoms with Crippen molar-refractivity contribution in [1.29, 1.82) is 0 Å². The lowest BCUT2D eigenvalue weighted by atomic mass is 9.68. The van der Waals surface area contributed by atoms with Gasteiger partial charge in [0.15, 0.2) is 0 Å². The molecule has 1 unspecified atom stereocenters. The average molecular weight is 383 g/mol. The largest absolute Gasteiger partial charge is 0.352 e. The maximum absolute atomic E-state index is 12.9. The van der Waals surface area contributed by atoms with Crippen LogP contribution in [0.25, 0.3) is 0 Å². The zero-order valence-electron chi connectivity index (χ0n) is 17.3. The number of unbranched alkanes of at least 4 members (excludes halogenated alkanes) is 1. The smallest absolute Gasteiger partial charge is 0.259 e. The molecule has 0 aromatic rings. The van der Waals surface area contributed by atoms with E-state index < -0.39 is 11.4 Å². The van der Waals surface area contributed by atoms with Gasteiger partial charge in [-0.1, -0.05) is 78.1 Å². The normalized spacial score (nSPS) is 21.4. The summed E-state index contributed by atoms with van der Waals surface area (Å²) in [6.45, 7) is 4.40. The molecule has 0 heterocycles. The molecule has 0 N–H and O–H groups in total. The fourth-order valence-corrected chi connectivity index (χ4v) is 4.79. The molecule has 0 radical (unpaired) electrons. The molecule has 2 rings (SSSR count). The highest BCUT2D eigenvalue weighted by molar-refractivity contribution is 5.76. The van der Waals surface area contributed by atoms with Crippen LogP contribution in [0.2, 0.25) is 0 Å². The molecule has 0 amide bonds. The molecule has 5 heteroatoms. The van der Waals surface area contributed by atoms with E-state index in [1.165, 1.54) is 19.3 Å². The van der Waals surface area contributed by atoms with Crippen molar-refractivity contribution in [2.75, 3.05) is 0 Å². The monoisotopic (exact) mass is 382 g/mol. The van der Waals surface area contributed by atoms with Crippen LogP contribution in [0.4, 0.5) is 0 Å². The molecule has 0 saturated heterocycles. The Morgan fingerprint density at radius 1 is 0.963 bits per heavy atom. The number of hydrogen-bond donors (Lipinski definition) is 0. The predicted octanol–water partition coefficient (Wildman–Crippen LogP) is 6.06. The van der Waals surface area contributed by atoms with E-state index in [0.717, 1.165) is 77.0 Å². The van der Waals surface area contributed by atoms with Gasteiger partial charge in [0.05, 0.1) is 11.3 Å². The van der Waals surface area contributed by atoms with Crippen molar-refractivity contribution in [3.63, 3.8) is 0 Å². The van der Waals surface area contributed by atoms with Gasteiger partial charge >= 0.3 is 11.9 Å². The third-order valence-corrected chi connectivity index (χ3v) is 6.63. The van der Waals surface area contributed by atoms with Crippen molar-refractivity contribution in [3.8, 4) is 0 Å². The number of carbonyl (C=O) groups is 2. The molecular formula is C22H38O5. The van der Waals surface area contributed by atoms with Gasteiger partial charge in [-0.15, -0.1) is 0 Å². The van der Waals surface area contributed by atoms with Gasteiger partial charge in [0.1, 0.15) is 0 Å². The quantitative estimate of drug-likeness (QED) is 0.339. The standard InChI is InChI=1S/C22H38O5/c1-3-5-12-18(4-2)17-22(15-10-7-11-16-22)21(24)26-27-25-20(23)19-13-8-6-9-14-19/h18-19H,3-17H2,1-2H3. The zero-order valence-corrected chi connectivity index (χ0v) is 17.3. The minimum absolute atomic E-state index is 0.125. The van der Waals surface area contributed by atoms with Crippen molar-refractivity contribution in [1.82, 2.24) is 0 Å². The molecule has 0 bridgehead atoms. The summed E-state index contributed by atoms with van der Waals surface area (Å²) in [5, 5.41) is 4.69. The SMILES string of the molecule is CCCCC(CC)CC1(C(=O)OOOC(=O)C2CCCCC2)CCCCC1. The zero-order chi connectivity index (χ0) is 19.5. The van der Waals surface area contributed by atoms with Crippen LogP contribution in [0.15, 0.2) is 0 Å². The van der Waals surface area contributed by atoms with Crippen LogP contribution in [0.3, 0.4) is 0 Å². The molecule has 1 atom stereocenters. The van der Waals surface area contributed by atoms with Crippen molar-refractivity contribution in [3.05, 3.63) is 0 Å². The van der Waals surface area contributed by atoms with Crippen LogP contribution in [-0.2, 0) is 24.4 Å². The molecule has 0 aromatic heterocycles. The lowest BCUT2D eigenvalue weighted by molar-refractivity contribution is -0.464. The number of hydrogen-bond acceptors (Lipinski definition) is 5. The molecule has 0 spiro atoms. The van der Waals surface area contributed by atoms with E-state index in [4.69, 9.17) is 9.78 Å². The second-order valence-electron chi connectivity index (χ2n) is 8.64. The first-order valence-electron chi connectivity index (χ1n) is 11.2. The third kappa shape index (κ3) is 6.78. The van der Waals surface area contributed by atoms with E-state index in [-0.39, 0.29) is 11.9 Å². The minimum Gasteiger partial charge on any atom is -0.259 e. The summed E-state index contributed by atoms with van der Waals surface area (Å²) in [4.78, 5) is 34.7. The first-order valence-corrected chi connectivity index (χ1v) is 11.2. The minimum atomic E-state index is -0.482. The van der Waals surface area contributed by atoms with Crippen LogP contribution in [0, 0.1) is 17.3 Å². The Bertz CT molecular complexity index is 450. The van der Waals surface area contributed by atoms with Crippen LogP contribution >= 0.6 is 0 Å². The number of carbonyl (C=O) groups excluding carboxylic acids is 2. The lowest BCUT2D eigenvalue weighted by Crippen LogP contribution is -2.37. The predicted molar refractivity (Wildman–Crippen MR) is 103 cm³/mol. The second-order valence-corrected chi connectivity index (χ2v) is 8.64. The summed E-state index contributed by atoms with van der Waals surface area (Å²) in [7, 11) is 0. The van der Waals surface area contributed by atoms with Crippen LogP contribution in [0.5, 0.6) is 0 Å². The fourth-order valence-electron chi connectivity index (χ4n) is 4.79. The Balaban J connectivity index is 1.86. The maximum Gasteiger partial charge on any atom is 0.352 e. The van der Waals surface area contributed by atoms with Gasteiger partial charge in [-0.3, -0.25) is 9.78 Å². The molecule has 0 aliphatic heterocycles. The van der Waals surface area contributed by atoms with Gasteiger partial charge in [0.2, 0.25) is 0 Å². The molecule has 2 saturated carbocycles. The van der Waals surface area contributed by atoms with Crippen molar-refractivity contribution < 1.29 is 24.4 Å². The summed E-state index contributed by atoms with van der Waals surface area (Å²) >= 11 is 0. The van der Waals surface area contributed by atoms with E-state index in [2.05, 4.69) is 18.9 Å². The van der Waals surface area contributed by atoms with Gasteiger partial charge in [-0.2, -0.15) is 0 Å². The Morgan fingerprint density at radius 2 is 1.63 bits per heavy atom. The fraction of sp³-hybridized carbons (Fsp3) is 0.909. The summed E-state index contributed by atoms with van der Waals surface area (Å²) in [5.41, 5.74) is -0.482. The van der Waals surface area contributed by atoms with Gasteiger partial charge in [-0.05, 0) is 38.0 Å². The van der Waals surface area contributed by atoms with Crippen LogP contribution < -0.4 is 0 Å². The van der Waals surface area contributed by atoms with E-state index in [0.29, 0.717) is 5.92 Å². The average Bonchev–Trinajstić information content (AvgIpc) is 2.72. The summed E-state index contributed by atoms with van der Waals surface area (Å²) in [6.07, 6.45) is 15.3. The molecule has 2 aliphatic carbocycles. The molecule has 156 valence electrons. The first-order chi connectivity index (χ1) is 13.1. The second kappa shape index (κ2) is 11.7. The Labute approximate surface area is 164 Å². The van der Waals surface area contributed by atoms with Gasteiger partial charge in [-0.25, -0.2) is 9.59 Å². The van der Waals surface area contributed by atoms with E-state index in [9.17, 15) is 9.59 Å². The summed E-state index contributed by atoms with van der Waals surface area (Å²) < 4.78 is 0. The summed E-state index contributed by atoms with van der Waals surface area (Å²) in [6, 6.07) is 0. The van der Waals surface area contributed by atoms with Crippen molar-refractivity contribution >= 4 is 11.9 Å². The Hall–Kier alpha value is -1.10. The number of rotatable bonds is 10. The highest BCUT2D eigenvalue weighted by atomic mass is 17.5. The van der Waals surface area contributed by atoms with Gasteiger partial charge in [0, 0.05) is 5.04 Å². The van der Waals surface area contributed by atoms with Crippen LogP contribution in [0.1, 0.15) is 110 Å². The lowest BCUT2D eigenvalue weighted by Gasteiger charge is -2.36. The Kier molecular flexibility index (Phi) is 9.60. The first kappa shape index (κ1) is 22.2. The van der Waals surface area contributed by atoms with Crippen molar-refractivity contribution in [2.45, 2.75) is 110 Å². The molecule has 27 heavy (non-hydrogen) atoms. The van der Waals surface area contributed by atoms with E-state index in [1.54, 1.807) is 0 Å². The molecule has 2 aliphatic rings. The van der Waals surface area contributed by atoms with Crippen molar-refractivity contribution in [2.24, 2.45) is 17.3 Å². The van der Waals surface area contributed by atoms with E-state index in [1.807, 2.05) is 0 Å². The Morgan fingerprint density at radius 3 is 2.26 bits per heavy atom. The molecular weight excluding hydrogens is 344 g/mol. The van der Waals surface area contributed by atoms with Gasteiger partial charge in [0.25, 0.3) is 0 Å². The molecule has 2 fully saturated rings. The van der Waals surface area contributed by atoms with Gasteiger partial charge < -0.3 is 0 Å².